The van der Waals surface area contributed by atoms with Gasteiger partial charge in [-0.3, -0.25) is 14.4 Å². The van der Waals surface area contributed by atoms with E-state index in [1.807, 2.05) is 23.1 Å². The van der Waals surface area contributed by atoms with Gasteiger partial charge in [-0.2, -0.15) is 0 Å². The van der Waals surface area contributed by atoms with Crippen LogP contribution >= 0.6 is 0 Å². The van der Waals surface area contributed by atoms with E-state index in [1.165, 1.54) is 0 Å². The molecule has 5 nitrogen and oxygen atoms in total. The fourth-order valence-corrected chi connectivity index (χ4v) is 4.21. The lowest BCUT2D eigenvalue weighted by Crippen LogP contribution is -2.35. The van der Waals surface area contributed by atoms with E-state index in [2.05, 4.69) is 5.32 Å². The number of anilines is 1. The van der Waals surface area contributed by atoms with Crippen LogP contribution < -0.4 is 5.32 Å². The molecule has 1 aliphatic carbocycles. The lowest BCUT2D eigenvalue weighted by atomic mass is 10.0. The first-order valence-electron chi connectivity index (χ1n) is 9.92. The topological polar surface area (TPSA) is 66.5 Å². The van der Waals surface area contributed by atoms with Crippen LogP contribution in [0.5, 0.6) is 0 Å². The molecule has 0 spiro atoms. The summed E-state index contributed by atoms with van der Waals surface area (Å²) in [6.07, 6.45) is 4.68. The Morgan fingerprint density at radius 1 is 0.929 bits per heavy atom. The number of ketones is 1. The number of carbonyl (C=O) groups is 3. The van der Waals surface area contributed by atoms with E-state index in [9.17, 15) is 14.4 Å². The maximum atomic E-state index is 12.7. The molecule has 1 saturated heterocycles. The molecular weight excluding hydrogens is 352 g/mol. The number of amides is 2. The predicted octanol–water partition coefficient (Wildman–Crippen LogP) is 3.65. The molecule has 5 heteroatoms. The Kier molecular flexibility index (Phi) is 5.24. The summed E-state index contributed by atoms with van der Waals surface area (Å²) in [6.45, 7) is 0.498. The summed E-state index contributed by atoms with van der Waals surface area (Å²) in [5.74, 6) is -0.486. The number of rotatable bonds is 5. The molecule has 1 atom stereocenters. The van der Waals surface area contributed by atoms with Crippen LogP contribution in [0.3, 0.4) is 0 Å². The molecule has 2 aliphatic rings. The minimum Gasteiger partial charge on any atom is -0.339 e. The first-order valence-corrected chi connectivity index (χ1v) is 9.92. The highest BCUT2D eigenvalue weighted by Crippen LogP contribution is 2.30. The van der Waals surface area contributed by atoms with Crippen molar-refractivity contribution >= 4 is 23.3 Å². The average Bonchev–Trinajstić information content (AvgIpc) is 3.38. The van der Waals surface area contributed by atoms with Crippen molar-refractivity contribution in [3.8, 4) is 0 Å². The normalized spacial score (nSPS) is 19.8. The monoisotopic (exact) mass is 376 g/mol. The van der Waals surface area contributed by atoms with Crippen LogP contribution in [-0.4, -0.2) is 35.1 Å². The maximum absolute atomic E-state index is 12.7. The van der Waals surface area contributed by atoms with E-state index in [4.69, 9.17) is 0 Å². The highest BCUT2D eigenvalue weighted by molar-refractivity contribution is 6.09. The molecule has 2 aromatic carbocycles. The number of likely N-dealkylation sites (tertiary alicyclic amines) is 1. The molecular formula is C23H24N2O3. The lowest BCUT2D eigenvalue weighted by molar-refractivity contribution is -0.129. The summed E-state index contributed by atoms with van der Waals surface area (Å²) >= 11 is 0. The maximum Gasteiger partial charge on any atom is 0.229 e. The van der Waals surface area contributed by atoms with Gasteiger partial charge in [0.1, 0.15) is 0 Å². The number of hydrogen-bond donors (Lipinski definition) is 1. The van der Waals surface area contributed by atoms with Crippen molar-refractivity contribution < 1.29 is 14.4 Å². The minimum absolute atomic E-state index is 0.0832. The molecule has 1 unspecified atom stereocenters. The van der Waals surface area contributed by atoms with Crippen molar-refractivity contribution in [1.29, 1.82) is 0 Å². The Balaban J connectivity index is 1.42. The number of nitrogens with one attached hydrogen (secondary N) is 1. The molecule has 0 bridgehead atoms. The van der Waals surface area contributed by atoms with Gasteiger partial charge in [0, 0.05) is 35.8 Å². The molecule has 2 fully saturated rings. The van der Waals surface area contributed by atoms with E-state index in [0.29, 0.717) is 29.4 Å². The van der Waals surface area contributed by atoms with Crippen molar-refractivity contribution in [1.82, 2.24) is 4.90 Å². The first-order chi connectivity index (χ1) is 13.6. The molecule has 0 aromatic heterocycles. The zero-order chi connectivity index (χ0) is 19.5. The SMILES string of the molecule is O=C(c1ccccc1)c1cccc(NC(=O)C2CC(=O)N(C3CCCC3)C2)c1. The Labute approximate surface area is 164 Å². The third-order valence-electron chi connectivity index (χ3n) is 5.72. The average molecular weight is 376 g/mol. The summed E-state index contributed by atoms with van der Waals surface area (Å²) in [4.78, 5) is 39.5. The van der Waals surface area contributed by atoms with Crippen molar-refractivity contribution in [3.05, 3.63) is 65.7 Å². The van der Waals surface area contributed by atoms with Gasteiger partial charge in [0.2, 0.25) is 11.8 Å². The Bertz CT molecular complexity index is 888. The van der Waals surface area contributed by atoms with E-state index < -0.39 is 0 Å². The zero-order valence-corrected chi connectivity index (χ0v) is 15.8. The van der Waals surface area contributed by atoms with Gasteiger partial charge in [-0.05, 0) is 25.0 Å². The smallest absolute Gasteiger partial charge is 0.229 e. The van der Waals surface area contributed by atoms with Crippen LogP contribution in [0.4, 0.5) is 5.69 Å². The predicted molar refractivity (Wildman–Crippen MR) is 107 cm³/mol. The van der Waals surface area contributed by atoms with Gasteiger partial charge in [0.25, 0.3) is 0 Å². The molecule has 2 amide bonds. The summed E-state index contributed by atoms with van der Waals surface area (Å²) in [7, 11) is 0. The molecule has 0 radical (unpaired) electrons. The van der Waals surface area contributed by atoms with Crippen LogP contribution in [0.25, 0.3) is 0 Å². The summed E-state index contributed by atoms with van der Waals surface area (Å²) < 4.78 is 0. The van der Waals surface area contributed by atoms with Gasteiger partial charge in [0.15, 0.2) is 5.78 Å². The molecule has 4 rings (SSSR count). The third kappa shape index (κ3) is 3.84. The van der Waals surface area contributed by atoms with Crippen LogP contribution in [-0.2, 0) is 9.59 Å². The standard InChI is InChI=1S/C23H24N2O3/c26-21-14-18(15-25(21)20-11-4-5-12-20)23(28)24-19-10-6-9-17(13-19)22(27)16-7-2-1-3-8-16/h1-3,6-10,13,18,20H,4-5,11-12,14-15H2,(H,24,28). The van der Waals surface area contributed by atoms with E-state index >= 15 is 0 Å². The largest absolute Gasteiger partial charge is 0.339 e. The molecule has 2 aromatic rings. The second-order valence-electron chi connectivity index (χ2n) is 7.65. The van der Waals surface area contributed by atoms with E-state index in [0.717, 1.165) is 25.7 Å². The quantitative estimate of drug-likeness (QED) is 0.810. The summed E-state index contributed by atoms with van der Waals surface area (Å²) in [6, 6.07) is 16.3. The minimum atomic E-state index is -0.332. The van der Waals surface area contributed by atoms with Gasteiger partial charge in [0.05, 0.1) is 5.92 Å². The number of hydrogen-bond acceptors (Lipinski definition) is 3. The molecule has 1 heterocycles. The Morgan fingerprint density at radius 2 is 1.64 bits per heavy atom. The van der Waals surface area contributed by atoms with Crippen LogP contribution in [0.1, 0.15) is 48.0 Å². The van der Waals surface area contributed by atoms with E-state index in [1.54, 1.807) is 36.4 Å². The second kappa shape index (κ2) is 7.97. The fraction of sp³-hybridized carbons (Fsp3) is 0.348. The summed E-state index contributed by atoms with van der Waals surface area (Å²) in [5, 5.41) is 2.89. The van der Waals surface area contributed by atoms with Crippen LogP contribution in [0, 0.1) is 5.92 Å². The number of nitrogens with zero attached hydrogens (tertiary/aromatic N) is 1. The van der Waals surface area contributed by atoms with Crippen molar-refractivity contribution in [3.63, 3.8) is 0 Å². The van der Waals surface area contributed by atoms with Crippen LogP contribution in [0.15, 0.2) is 54.6 Å². The van der Waals surface area contributed by atoms with Gasteiger partial charge in [-0.25, -0.2) is 0 Å². The number of carbonyl (C=O) groups excluding carboxylic acids is 3. The number of benzene rings is 2. The van der Waals surface area contributed by atoms with Gasteiger partial charge in [-0.15, -0.1) is 0 Å². The lowest BCUT2D eigenvalue weighted by Gasteiger charge is -2.23. The highest BCUT2D eigenvalue weighted by Gasteiger charge is 2.38. The van der Waals surface area contributed by atoms with Crippen molar-refractivity contribution in [2.45, 2.75) is 38.1 Å². The highest BCUT2D eigenvalue weighted by atomic mass is 16.2. The van der Waals surface area contributed by atoms with Crippen molar-refractivity contribution in [2.75, 3.05) is 11.9 Å². The molecule has 1 aliphatic heterocycles. The molecule has 1 saturated carbocycles. The molecule has 28 heavy (non-hydrogen) atoms. The Morgan fingerprint density at radius 3 is 2.39 bits per heavy atom. The van der Waals surface area contributed by atoms with E-state index in [-0.39, 0.29) is 29.9 Å². The molecule has 144 valence electrons. The Hall–Kier alpha value is -2.95. The third-order valence-corrected chi connectivity index (χ3v) is 5.72. The van der Waals surface area contributed by atoms with Gasteiger partial charge < -0.3 is 10.2 Å². The first kappa shape index (κ1) is 18.4. The molecule has 1 N–H and O–H groups in total. The van der Waals surface area contributed by atoms with Gasteiger partial charge in [-0.1, -0.05) is 55.3 Å². The fourth-order valence-electron chi connectivity index (χ4n) is 4.21. The van der Waals surface area contributed by atoms with Crippen molar-refractivity contribution in [2.24, 2.45) is 5.92 Å². The van der Waals surface area contributed by atoms with Gasteiger partial charge >= 0.3 is 0 Å². The zero-order valence-electron chi connectivity index (χ0n) is 15.8. The summed E-state index contributed by atoms with van der Waals surface area (Å²) in [5.41, 5.74) is 1.72. The second-order valence-corrected chi connectivity index (χ2v) is 7.65. The van der Waals surface area contributed by atoms with Crippen LogP contribution in [0.2, 0.25) is 0 Å².